The first-order chi connectivity index (χ1) is 12.7. The third kappa shape index (κ3) is 3.89. The molecule has 0 unspecified atom stereocenters. The second-order valence-electron chi connectivity index (χ2n) is 5.66. The van der Waals surface area contributed by atoms with Crippen LogP contribution in [0, 0.1) is 0 Å². The molecule has 3 aromatic rings. The molecular weight excluding hydrogens is 332 g/mol. The lowest BCUT2D eigenvalue weighted by atomic mass is 10.2. The third-order valence-electron chi connectivity index (χ3n) is 3.85. The van der Waals surface area contributed by atoms with Crippen LogP contribution in [0.1, 0.15) is 26.7 Å². The Morgan fingerprint density at radius 3 is 2.58 bits per heavy atom. The molecule has 0 aliphatic rings. The van der Waals surface area contributed by atoms with Crippen molar-refractivity contribution in [1.29, 1.82) is 0 Å². The third-order valence-corrected chi connectivity index (χ3v) is 3.85. The molecule has 7 heteroatoms. The maximum atomic E-state index is 12.6. The Labute approximate surface area is 151 Å². The molecule has 26 heavy (non-hydrogen) atoms. The van der Waals surface area contributed by atoms with Crippen LogP contribution in [-0.2, 0) is 11.3 Å². The summed E-state index contributed by atoms with van der Waals surface area (Å²) in [6, 6.07) is 14.9. The highest BCUT2D eigenvalue weighted by atomic mass is 16.5. The van der Waals surface area contributed by atoms with Crippen molar-refractivity contribution >= 4 is 17.3 Å². The van der Waals surface area contributed by atoms with Crippen LogP contribution in [0.2, 0.25) is 0 Å². The molecule has 2 amide bonds. The van der Waals surface area contributed by atoms with Gasteiger partial charge in [-0.25, -0.2) is 4.98 Å². The number of ether oxygens (including phenoxy) is 1. The summed E-state index contributed by atoms with van der Waals surface area (Å²) >= 11 is 0. The number of hydrogen-bond acceptors (Lipinski definition) is 4. The standard InChI is InChI=1S/C19H20N4O3/c1-26-12-10-20-18(24)16-15-9-5-6-11-23(15)17(22-16)19(25)21-13-14-7-3-2-4-8-14/h2-9,11H,10,12-13H2,1H3,(H,20,24)(H,21,25). The van der Waals surface area contributed by atoms with Crippen LogP contribution in [0.4, 0.5) is 0 Å². The maximum absolute atomic E-state index is 12.6. The first-order valence-electron chi connectivity index (χ1n) is 8.27. The second-order valence-corrected chi connectivity index (χ2v) is 5.66. The minimum atomic E-state index is -0.342. The van der Waals surface area contributed by atoms with Crippen molar-refractivity contribution in [1.82, 2.24) is 20.0 Å². The molecule has 0 aliphatic heterocycles. The summed E-state index contributed by atoms with van der Waals surface area (Å²) in [6.45, 7) is 1.16. The summed E-state index contributed by atoms with van der Waals surface area (Å²) in [5, 5.41) is 5.57. The maximum Gasteiger partial charge on any atom is 0.287 e. The monoisotopic (exact) mass is 352 g/mol. The van der Waals surface area contributed by atoms with E-state index in [9.17, 15) is 9.59 Å². The number of carbonyl (C=O) groups is 2. The highest BCUT2D eigenvalue weighted by Gasteiger charge is 2.21. The lowest BCUT2D eigenvalue weighted by Crippen LogP contribution is -2.28. The fourth-order valence-corrected chi connectivity index (χ4v) is 2.57. The summed E-state index contributed by atoms with van der Waals surface area (Å²) < 4.78 is 6.55. The number of imidazole rings is 1. The summed E-state index contributed by atoms with van der Waals surface area (Å²) in [5.41, 5.74) is 1.78. The van der Waals surface area contributed by atoms with Gasteiger partial charge in [-0.05, 0) is 17.7 Å². The van der Waals surface area contributed by atoms with Crippen LogP contribution >= 0.6 is 0 Å². The molecule has 0 radical (unpaired) electrons. The SMILES string of the molecule is COCCNC(=O)c1nc(C(=O)NCc2ccccc2)n2ccccc12. The van der Waals surface area contributed by atoms with Crippen molar-refractivity contribution in [2.24, 2.45) is 0 Å². The van der Waals surface area contributed by atoms with Gasteiger partial charge in [0.1, 0.15) is 0 Å². The molecule has 7 nitrogen and oxygen atoms in total. The van der Waals surface area contributed by atoms with Crippen LogP contribution in [0.25, 0.3) is 5.52 Å². The lowest BCUT2D eigenvalue weighted by molar-refractivity contribution is 0.0934. The van der Waals surface area contributed by atoms with Gasteiger partial charge >= 0.3 is 0 Å². The number of aromatic nitrogens is 2. The number of nitrogens with one attached hydrogen (secondary N) is 2. The number of carbonyl (C=O) groups excluding carboxylic acids is 2. The molecule has 2 N–H and O–H groups in total. The Morgan fingerprint density at radius 2 is 1.81 bits per heavy atom. The number of amides is 2. The van der Waals surface area contributed by atoms with Gasteiger partial charge in [-0.1, -0.05) is 36.4 Å². The molecule has 3 rings (SSSR count). The lowest BCUT2D eigenvalue weighted by Gasteiger charge is -2.04. The molecule has 2 heterocycles. The van der Waals surface area contributed by atoms with Gasteiger partial charge in [-0.2, -0.15) is 0 Å². The Morgan fingerprint density at radius 1 is 1.04 bits per heavy atom. The molecule has 0 fully saturated rings. The Kier molecular flexibility index (Phi) is 5.60. The van der Waals surface area contributed by atoms with Crippen LogP contribution in [-0.4, -0.2) is 41.5 Å². The van der Waals surface area contributed by atoms with Crippen molar-refractivity contribution < 1.29 is 14.3 Å². The van der Waals surface area contributed by atoms with E-state index in [1.165, 1.54) is 0 Å². The van der Waals surface area contributed by atoms with E-state index in [0.717, 1.165) is 5.56 Å². The summed E-state index contributed by atoms with van der Waals surface area (Å²) in [7, 11) is 1.56. The number of pyridine rings is 1. The summed E-state index contributed by atoms with van der Waals surface area (Å²) in [5.74, 6) is -0.507. The van der Waals surface area contributed by atoms with Crippen LogP contribution in [0.15, 0.2) is 54.7 Å². The predicted octanol–water partition coefficient (Wildman–Crippen LogP) is 1.64. The zero-order valence-corrected chi connectivity index (χ0v) is 14.4. The number of methoxy groups -OCH3 is 1. The fraction of sp³-hybridized carbons (Fsp3) is 0.211. The number of hydrogen-bond donors (Lipinski definition) is 2. The Bertz CT molecular complexity index is 906. The van der Waals surface area contributed by atoms with E-state index in [-0.39, 0.29) is 23.3 Å². The van der Waals surface area contributed by atoms with Gasteiger partial charge < -0.3 is 15.4 Å². The highest BCUT2D eigenvalue weighted by molar-refractivity contribution is 6.02. The zero-order valence-electron chi connectivity index (χ0n) is 14.4. The molecule has 0 bridgehead atoms. The minimum Gasteiger partial charge on any atom is -0.383 e. The van der Waals surface area contributed by atoms with Gasteiger partial charge in [0.15, 0.2) is 5.69 Å². The number of rotatable bonds is 7. The van der Waals surface area contributed by atoms with E-state index in [0.29, 0.717) is 25.2 Å². The summed E-state index contributed by atoms with van der Waals surface area (Å²) in [6.07, 6.45) is 1.71. The highest BCUT2D eigenvalue weighted by Crippen LogP contribution is 2.13. The largest absolute Gasteiger partial charge is 0.383 e. The van der Waals surface area contributed by atoms with Crippen molar-refractivity contribution in [3.63, 3.8) is 0 Å². The summed E-state index contributed by atoms with van der Waals surface area (Å²) in [4.78, 5) is 29.2. The minimum absolute atomic E-state index is 0.174. The van der Waals surface area contributed by atoms with E-state index in [1.807, 2.05) is 30.3 Å². The average Bonchev–Trinajstić information content (AvgIpc) is 3.07. The van der Waals surface area contributed by atoms with E-state index >= 15 is 0 Å². The van der Waals surface area contributed by atoms with E-state index in [1.54, 1.807) is 35.9 Å². The van der Waals surface area contributed by atoms with Crippen LogP contribution in [0.3, 0.4) is 0 Å². The first kappa shape index (κ1) is 17.6. The normalized spacial score (nSPS) is 10.7. The number of fused-ring (bicyclic) bond motifs is 1. The van der Waals surface area contributed by atoms with Gasteiger partial charge in [0, 0.05) is 26.4 Å². The topological polar surface area (TPSA) is 84.7 Å². The molecule has 0 spiro atoms. The van der Waals surface area contributed by atoms with Crippen molar-refractivity contribution in [2.45, 2.75) is 6.54 Å². The molecule has 1 aromatic carbocycles. The molecule has 0 saturated heterocycles. The van der Waals surface area contributed by atoms with Gasteiger partial charge in [0.05, 0.1) is 12.1 Å². The fourth-order valence-electron chi connectivity index (χ4n) is 2.57. The van der Waals surface area contributed by atoms with Crippen molar-refractivity contribution in [3.05, 3.63) is 71.8 Å². The van der Waals surface area contributed by atoms with Crippen molar-refractivity contribution in [2.75, 3.05) is 20.3 Å². The quantitative estimate of drug-likeness (QED) is 0.633. The van der Waals surface area contributed by atoms with E-state index in [4.69, 9.17) is 4.74 Å². The Balaban J connectivity index is 1.81. The number of nitrogens with zero attached hydrogens (tertiary/aromatic N) is 2. The molecule has 0 atom stereocenters. The van der Waals surface area contributed by atoms with E-state index in [2.05, 4.69) is 15.6 Å². The number of benzene rings is 1. The zero-order chi connectivity index (χ0) is 18.4. The van der Waals surface area contributed by atoms with Crippen molar-refractivity contribution in [3.8, 4) is 0 Å². The van der Waals surface area contributed by atoms with Crippen LogP contribution < -0.4 is 10.6 Å². The van der Waals surface area contributed by atoms with E-state index < -0.39 is 0 Å². The average molecular weight is 352 g/mol. The van der Waals surface area contributed by atoms with Gasteiger partial charge in [0.25, 0.3) is 11.8 Å². The molecule has 2 aromatic heterocycles. The Hall–Kier alpha value is -3.19. The first-order valence-corrected chi connectivity index (χ1v) is 8.27. The predicted molar refractivity (Wildman–Crippen MR) is 97.0 cm³/mol. The smallest absolute Gasteiger partial charge is 0.287 e. The van der Waals surface area contributed by atoms with Crippen LogP contribution in [0.5, 0.6) is 0 Å². The molecular formula is C19H20N4O3. The van der Waals surface area contributed by atoms with Gasteiger partial charge in [-0.15, -0.1) is 0 Å². The molecule has 0 saturated carbocycles. The van der Waals surface area contributed by atoms with Gasteiger partial charge in [0.2, 0.25) is 5.82 Å². The second kappa shape index (κ2) is 8.26. The molecule has 0 aliphatic carbocycles. The molecule has 134 valence electrons. The van der Waals surface area contributed by atoms with Gasteiger partial charge in [-0.3, -0.25) is 14.0 Å².